The number of carbonyl (C=O) groups excluding carboxylic acids is 1. The van der Waals surface area contributed by atoms with Crippen LogP contribution in [0.25, 0.3) is 11.4 Å². The Hall–Kier alpha value is -3.44. The molecule has 0 fully saturated rings. The van der Waals surface area contributed by atoms with E-state index in [1.807, 2.05) is 0 Å². The molecule has 26 heavy (non-hydrogen) atoms. The van der Waals surface area contributed by atoms with Crippen molar-refractivity contribution in [2.45, 2.75) is 0 Å². The predicted octanol–water partition coefficient (Wildman–Crippen LogP) is 0.321. The number of carbonyl (C=O) groups is 2. The van der Waals surface area contributed by atoms with Crippen molar-refractivity contribution in [2.75, 3.05) is 0 Å². The molecule has 10 nitrogen and oxygen atoms in total. The molecule has 2 heterocycles. The van der Waals surface area contributed by atoms with Crippen molar-refractivity contribution < 1.29 is 23.1 Å². The fraction of sp³-hybridized carbons (Fsp3) is 0. The topological polar surface area (TPSA) is 158 Å². The molecule has 0 aliphatic carbocycles. The number of nitrogens with zero attached hydrogens (tertiary/aromatic N) is 4. The zero-order chi connectivity index (χ0) is 18.9. The molecule has 2 aromatic heterocycles. The molecule has 0 amide bonds. The summed E-state index contributed by atoms with van der Waals surface area (Å²) in [6.07, 6.45) is 3.51. The number of hydrogen-bond donors (Lipinski definition) is 2. The van der Waals surface area contributed by atoms with Crippen LogP contribution in [0.1, 0.15) is 26.3 Å². The van der Waals surface area contributed by atoms with Crippen LogP contribution >= 0.6 is 0 Å². The second kappa shape index (κ2) is 6.46. The van der Waals surface area contributed by atoms with Crippen molar-refractivity contribution in [3.05, 3.63) is 65.7 Å². The molecule has 0 aliphatic rings. The van der Waals surface area contributed by atoms with Gasteiger partial charge in [0.05, 0.1) is 23.0 Å². The molecule has 0 bridgehead atoms. The number of hydrogen-bond acceptors (Lipinski definition) is 7. The largest absolute Gasteiger partial charge is 0.478 e. The van der Waals surface area contributed by atoms with E-state index in [-0.39, 0.29) is 28.1 Å². The number of ketones is 1. The van der Waals surface area contributed by atoms with Crippen molar-refractivity contribution in [1.29, 1.82) is 0 Å². The maximum absolute atomic E-state index is 12.9. The van der Waals surface area contributed by atoms with Gasteiger partial charge in [-0.05, 0) is 12.1 Å². The highest BCUT2D eigenvalue weighted by Gasteiger charge is 2.25. The number of nitrogens with two attached hydrogens (primary N) is 1. The molecule has 0 aliphatic heterocycles. The molecular weight excluding hydrogens is 362 g/mol. The lowest BCUT2D eigenvalue weighted by Crippen LogP contribution is -2.22. The van der Waals surface area contributed by atoms with Crippen LogP contribution in [0.4, 0.5) is 0 Å². The average Bonchev–Trinajstić information content (AvgIpc) is 3.07. The number of benzene rings is 1. The van der Waals surface area contributed by atoms with Gasteiger partial charge in [0.15, 0.2) is 5.78 Å². The summed E-state index contributed by atoms with van der Waals surface area (Å²) in [6.45, 7) is 0. The van der Waals surface area contributed by atoms with Crippen LogP contribution in [0.2, 0.25) is 0 Å². The highest BCUT2D eigenvalue weighted by atomic mass is 32.2. The van der Waals surface area contributed by atoms with Gasteiger partial charge in [0, 0.05) is 11.8 Å². The van der Waals surface area contributed by atoms with Gasteiger partial charge in [-0.1, -0.05) is 18.2 Å². The number of carboxylic acids is 1. The first-order valence-corrected chi connectivity index (χ1v) is 8.55. The van der Waals surface area contributed by atoms with Crippen molar-refractivity contribution in [3.63, 3.8) is 0 Å². The number of rotatable bonds is 5. The van der Waals surface area contributed by atoms with E-state index in [1.54, 1.807) is 0 Å². The lowest BCUT2D eigenvalue weighted by molar-refractivity contribution is 0.0692. The predicted molar refractivity (Wildman–Crippen MR) is 88.6 cm³/mol. The summed E-state index contributed by atoms with van der Waals surface area (Å²) in [7, 11) is -4.26. The van der Waals surface area contributed by atoms with Crippen LogP contribution < -0.4 is 5.14 Å². The van der Waals surface area contributed by atoms with Crippen LogP contribution in [-0.2, 0) is 10.2 Å². The van der Waals surface area contributed by atoms with E-state index in [4.69, 9.17) is 5.14 Å². The minimum absolute atomic E-state index is 0.0633. The third-order valence-corrected chi connectivity index (χ3v) is 4.13. The number of aromatic nitrogens is 4. The molecule has 0 saturated heterocycles. The second-order valence-corrected chi connectivity index (χ2v) is 6.49. The Morgan fingerprint density at radius 1 is 1.08 bits per heavy atom. The minimum atomic E-state index is -4.26. The first-order chi connectivity index (χ1) is 12.3. The maximum Gasteiger partial charge on any atom is 0.336 e. The van der Waals surface area contributed by atoms with Gasteiger partial charge in [0.1, 0.15) is 12.0 Å². The Kier molecular flexibility index (Phi) is 4.32. The van der Waals surface area contributed by atoms with E-state index in [1.165, 1.54) is 42.9 Å². The molecule has 0 radical (unpaired) electrons. The van der Waals surface area contributed by atoms with E-state index in [9.17, 15) is 23.1 Å². The minimum Gasteiger partial charge on any atom is -0.478 e. The molecule has 3 rings (SSSR count). The smallest absolute Gasteiger partial charge is 0.336 e. The lowest BCUT2D eigenvalue weighted by atomic mass is 9.98. The van der Waals surface area contributed by atoms with Crippen molar-refractivity contribution >= 4 is 22.0 Å². The van der Waals surface area contributed by atoms with Gasteiger partial charge in [0.2, 0.25) is 0 Å². The Morgan fingerprint density at radius 2 is 1.77 bits per heavy atom. The van der Waals surface area contributed by atoms with Crippen LogP contribution in [0, 0.1) is 0 Å². The van der Waals surface area contributed by atoms with Gasteiger partial charge in [0.25, 0.3) is 0 Å². The summed E-state index contributed by atoms with van der Waals surface area (Å²) in [4.78, 5) is 32.0. The van der Waals surface area contributed by atoms with E-state index in [2.05, 4.69) is 15.1 Å². The third-order valence-electron chi connectivity index (χ3n) is 3.43. The van der Waals surface area contributed by atoms with Gasteiger partial charge in [-0.3, -0.25) is 4.79 Å². The molecule has 1 aromatic carbocycles. The standard InChI is InChI=1S/C15H11N5O5S/c16-26(24,25)20-7-11(13(19-20)12-5-6-17-8-18-12)14(21)9-3-1-2-4-10(9)15(22)23/h1-8H,(H,22,23)(H2,16,24,25). The lowest BCUT2D eigenvalue weighted by Gasteiger charge is -2.05. The number of carboxylic acid groups (broad SMARTS) is 1. The first kappa shape index (κ1) is 17.4. The van der Waals surface area contributed by atoms with Crippen molar-refractivity contribution in [2.24, 2.45) is 5.14 Å². The molecule has 0 saturated carbocycles. The Morgan fingerprint density at radius 3 is 2.35 bits per heavy atom. The zero-order valence-electron chi connectivity index (χ0n) is 13.0. The van der Waals surface area contributed by atoms with Gasteiger partial charge < -0.3 is 5.11 Å². The molecule has 132 valence electrons. The molecule has 0 spiro atoms. The molecule has 11 heteroatoms. The molecule has 3 N–H and O–H groups in total. The van der Waals surface area contributed by atoms with Gasteiger partial charge in [-0.2, -0.15) is 17.6 Å². The van der Waals surface area contributed by atoms with Gasteiger partial charge >= 0.3 is 16.2 Å². The van der Waals surface area contributed by atoms with Crippen molar-refractivity contribution in [1.82, 2.24) is 19.2 Å². The first-order valence-electron chi connectivity index (χ1n) is 7.05. The van der Waals surface area contributed by atoms with Gasteiger partial charge in [-0.15, -0.1) is 0 Å². The normalized spacial score (nSPS) is 11.3. The van der Waals surface area contributed by atoms with Crippen LogP contribution in [0.3, 0.4) is 0 Å². The molecular formula is C15H11N5O5S. The van der Waals surface area contributed by atoms with Crippen molar-refractivity contribution in [3.8, 4) is 11.4 Å². The van der Waals surface area contributed by atoms with E-state index in [0.717, 1.165) is 6.20 Å². The van der Waals surface area contributed by atoms with Crippen LogP contribution in [0.15, 0.2) is 49.1 Å². The Balaban J connectivity index is 2.23. The van der Waals surface area contributed by atoms with Gasteiger partial charge in [-0.25, -0.2) is 19.9 Å². The molecule has 0 unspecified atom stereocenters. The molecule has 3 aromatic rings. The average molecular weight is 373 g/mol. The Bertz CT molecular complexity index is 1110. The third kappa shape index (κ3) is 3.20. The highest BCUT2D eigenvalue weighted by molar-refractivity contribution is 7.87. The number of aromatic carboxylic acids is 1. The second-order valence-electron chi connectivity index (χ2n) is 5.08. The van der Waals surface area contributed by atoms with Crippen LogP contribution in [-0.4, -0.2) is 44.4 Å². The molecule has 0 atom stereocenters. The van der Waals surface area contributed by atoms with E-state index >= 15 is 0 Å². The monoisotopic (exact) mass is 373 g/mol. The summed E-state index contributed by atoms with van der Waals surface area (Å²) in [5, 5.41) is 18.2. The summed E-state index contributed by atoms with van der Waals surface area (Å²) in [6, 6.07) is 6.98. The quantitative estimate of drug-likeness (QED) is 0.605. The summed E-state index contributed by atoms with van der Waals surface area (Å²) in [5.74, 6) is -2.03. The fourth-order valence-electron chi connectivity index (χ4n) is 2.28. The van der Waals surface area contributed by atoms with E-state index < -0.39 is 22.0 Å². The van der Waals surface area contributed by atoms with Crippen LogP contribution in [0.5, 0.6) is 0 Å². The SMILES string of the molecule is NS(=O)(=O)n1cc(C(=O)c2ccccc2C(=O)O)c(-c2ccncn2)n1. The Labute approximate surface area is 147 Å². The highest BCUT2D eigenvalue weighted by Crippen LogP contribution is 2.24. The summed E-state index contributed by atoms with van der Waals surface area (Å²) < 4.78 is 23.6. The zero-order valence-corrected chi connectivity index (χ0v) is 13.8. The fourth-order valence-corrected chi connectivity index (χ4v) is 2.73. The maximum atomic E-state index is 12.9. The summed E-state index contributed by atoms with van der Waals surface area (Å²) in [5.41, 5.74) is -0.393. The summed E-state index contributed by atoms with van der Waals surface area (Å²) >= 11 is 0. The van der Waals surface area contributed by atoms with E-state index in [0.29, 0.717) is 4.09 Å².